The molecule has 1 rings (SSSR count). The third-order valence-corrected chi connectivity index (χ3v) is 3.20. The lowest BCUT2D eigenvalue weighted by molar-refractivity contribution is -0.384. The average Bonchev–Trinajstić information content (AvgIpc) is 2.34. The number of carbonyl (C=O) groups is 1. The Morgan fingerprint density at radius 2 is 2.05 bits per heavy atom. The summed E-state index contributed by atoms with van der Waals surface area (Å²) in [7, 11) is 0. The van der Waals surface area contributed by atoms with Crippen LogP contribution in [0.5, 0.6) is 0 Å². The van der Waals surface area contributed by atoms with Crippen LogP contribution in [0.25, 0.3) is 0 Å². The summed E-state index contributed by atoms with van der Waals surface area (Å²) in [6.45, 7) is 6.72. The van der Waals surface area contributed by atoms with E-state index in [1.165, 1.54) is 18.2 Å². The number of anilines is 1. The lowest BCUT2D eigenvalue weighted by Gasteiger charge is -2.17. The number of nitro groups is 1. The van der Waals surface area contributed by atoms with Crippen LogP contribution in [0.2, 0.25) is 0 Å². The van der Waals surface area contributed by atoms with Gasteiger partial charge in [-0.05, 0) is 24.0 Å². The van der Waals surface area contributed by atoms with Crippen molar-refractivity contribution in [3.8, 4) is 0 Å². The van der Waals surface area contributed by atoms with Crippen LogP contribution in [0, 0.1) is 22.0 Å². The fourth-order valence-corrected chi connectivity index (χ4v) is 1.56. The molecule has 1 aromatic carbocycles. The van der Waals surface area contributed by atoms with E-state index in [2.05, 4.69) is 19.2 Å². The molecule has 1 unspecified atom stereocenters. The molecule has 1 atom stereocenters. The van der Waals surface area contributed by atoms with Crippen LogP contribution < -0.4 is 5.32 Å². The second-order valence-electron chi connectivity index (χ2n) is 4.87. The third-order valence-electron chi connectivity index (χ3n) is 3.20. The van der Waals surface area contributed by atoms with Crippen molar-refractivity contribution in [3.63, 3.8) is 0 Å². The molecule has 1 aromatic rings. The lowest BCUT2D eigenvalue weighted by Crippen LogP contribution is -2.17. The van der Waals surface area contributed by atoms with Crippen molar-refractivity contribution in [1.82, 2.24) is 0 Å². The van der Waals surface area contributed by atoms with E-state index in [1.807, 2.05) is 6.92 Å². The minimum Gasteiger partial charge on any atom is -0.477 e. The number of nitrogens with zero attached hydrogens (tertiary/aromatic N) is 1. The Morgan fingerprint density at radius 1 is 1.42 bits per heavy atom. The van der Waals surface area contributed by atoms with Crippen molar-refractivity contribution in [3.05, 3.63) is 33.9 Å². The van der Waals surface area contributed by atoms with E-state index >= 15 is 0 Å². The Labute approximate surface area is 111 Å². The molecule has 0 saturated heterocycles. The highest BCUT2D eigenvalue weighted by Gasteiger charge is 2.24. The van der Waals surface area contributed by atoms with Gasteiger partial charge in [0.2, 0.25) is 0 Å². The van der Waals surface area contributed by atoms with Gasteiger partial charge in [0.05, 0.1) is 4.92 Å². The van der Waals surface area contributed by atoms with Gasteiger partial charge in [0, 0.05) is 6.54 Å². The molecule has 0 fully saturated rings. The number of hydrogen-bond acceptors (Lipinski definition) is 4. The van der Waals surface area contributed by atoms with E-state index in [1.54, 1.807) is 0 Å². The average molecular weight is 266 g/mol. The van der Waals surface area contributed by atoms with E-state index in [9.17, 15) is 14.9 Å². The summed E-state index contributed by atoms with van der Waals surface area (Å²) in [6.07, 6.45) is 0. The SMILES string of the molecule is CC(C)C(C)CNc1cccc(C(=O)O)c1[N+](=O)[O-]. The van der Waals surface area contributed by atoms with Crippen molar-refractivity contribution < 1.29 is 14.8 Å². The molecule has 0 aliphatic rings. The number of benzene rings is 1. The van der Waals surface area contributed by atoms with Gasteiger partial charge in [-0.1, -0.05) is 26.8 Å². The highest BCUT2D eigenvalue weighted by atomic mass is 16.6. The van der Waals surface area contributed by atoms with Crippen LogP contribution in [0.3, 0.4) is 0 Å². The van der Waals surface area contributed by atoms with E-state index in [4.69, 9.17) is 5.11 Å². The molecule has 6 nitrogen and oxygen atoms in total. The Morgan fingerprint density at radius 3 is 2.53 bits per heavy atom. The van der Waals surface area contributed by atoms with Gasteiger partial charge in [-0.15, -0.1) is 0 Å². The molecule has 6 heteroatoms. The van der Waals surface area contributed by atoms with Crippen molar-refractivity contribution in [2.45, 2.75) is 20.8 Å². The van der Waals surface area contributed by atoms with E-state index in [0.29, 0.717) is 18.4 Å². The molecule has 0 saturated carbocycles. The normalized spacial score (nSPS) is 12.2. The van der Waals surface area contributed by atoms with Gasteiger partial charge in [0.1, 0.15) is 11.3 Å². The van der Waals surface area contributed by atoms with Gasteiger partial charge in [-0.25, -0.2) is 4.79 Å². The van der Waals surface area contributed by atoms with Crippen molar-refractivity contribution in [1.29, 1.82) is 0 Å². The Hall–Kier alpha value is -2.11. The van der Waals surface area contributed by atoms with Gasteiger partial charge < -0.3 is 10.4 Å². The molecule has 0 radical (unpaired) electrons. The first-order valence-corrected chi connectivity index (χ1v) is 6.09. The zero-order valence-corrected chi connectivity index (χ0v) is 11.2. The summed E-state index contributed by atoms with van der Waals surface area (Å²) >= 11 is 0. The molecule has 104 valence electrons. The second kappa shape index (κ2) is 6.17. The van der Waals surface area contributed by atoms with Crippen molar-refractivity contribution in [2.24, 2.45) is 11.8 Å². The molecule has 0 aromatic heterocycles. The fraction of sp³-hybridized carbons (Fsp3) is 0.462. The number of aromatic carboxylic acids is 1. The molecular weight excluding hydrogens is 248 g/mol. The largest absolute Gasteiger partial charge is 0.477 e. The first-order valence-electron chi connectivity index (χ1n) is 6.09. The first kappa shape index (κ1) is 14.9. The molecular formula is C13H18N2O4. The highest BCUT2D eigenvalue weighted by Crippen LogP contribution is 2.29. The zero-order valence-electron chi connectivity index (χ0n) is 11.2. The predicted octanol–water partition coefficient (Wildman–Crippen LogP) is 3.00. The maximum atomic E-state index is 11.0. The molecule has 19 heavy (non-hydrogen) atoms. The van der Waals surface area contributed by atoms with Gasteiger partial charge in [-0.3, -0.25) is 10.1 Å². The lowest BCUT2D eigenvalue weighted by atomic mass is 9.98. The van der Waals surface area contributed by atoms with Gasteiger partial charge in [0.25, 0.3) is 0 Å². The van der Waals surface area contributed by atoms with E-state index in [-0.39, 0.29) is 16.9 Å². The molecule has 0 spiro atoms. The standard InChI is InChI=1S/C13H18N2O4/c1-8(2)9(3)7-14-11-6-4-5-10(13(16)17)12(11)15(18)19/h4-6,8-9,14H,7H2,1-3H3,(H,16,17). The fourth-order valence-electron chi connectivity index (χ4n) is 1.56. The summed E-state index contributed by atoms with van der Waals surface area (Å²) in [5, 5.41) is 23.0. The number of rotatable bonds is 6. The third kappa shape index (κ3) is 3.67. The minimum atomic E-state index is -1.30. The van der Waals surface area contributed by atoms with Crippen LogP contribution in [0.15, 0.2) is 18.2 Å². The summed E-state index contributed by atoms with van der Waals surface area (Å²) in [4.78, 5) is 21.4. The summed E-state index contributed by atoms with van der Waals surface area (Å²) in [6, 6.07) is 4.26. The van der Waals surface area contributed by atoms with Crippen molar-refractivity contribution >= 4 is 17.3 Å². The van der Waals surface area contributed by atoms with Crippen LogP contribution in [-0.2, 0) is 0 Å². The van der Waals surface area contributed by atoms with Gasteiger partial charge >= 0.3 is 11.7 Å². The van der Waals surface area contributed by atoms with Crippen LogP contribution in [0.4, 0.5) is 11.4 Å². The van der Waals surface area contributed by atoms with Gasteiger partial charge in [0.15, 0.2) is 0 Å². The van der Waals surface area contributed by atoms with Crippen LogP contribution in [0.1, 0.15) is 31.1 Å². The van der Waals surface area contributed by atoms with Crippen LogP contribution in [-0.4, -0.2) is 22.5 Å². The monoisotopic (exact) mass is 266 g/mol. The number of nitrogens with one attached hydrogen (secondary N) is 1. The maximum absolute atomic E-state index is 11.0. The molecule has 0 aliphatic heterocycles. The Kier molecular flexibility index (Phi) is 4.86. The number of carboxylic acid groups (broad SMARTS) is 1. The predicted molar refractivity (Wildman–Crippen MR) is 72.5 cm³/mol. The highest BCUT2D eigenvalue weighted by molar-refractivity contribution is 5.95. The molecule has 0 amide bonds. The van der Waals surface area contributed by atoms with Gasteiger partial charge in [-0.2, -0.15) is 0 Å². The molecule has 0 heterocycles. The number of nitro benzene ring substituents is 1. The Balaban J connectivity index is 3.04. The minimum absolute atomic E-state index is 0.248. The topological polar surface area (TPSA) is 92.5 Å². The second-order valence-corrected chi connectivity index (χ2v) is 4.87. The number of para-hydroxylation sites is 1. The summed E-state index contributed by atoms with van der Waals surface area (Å²) in [5.41, 5.74) is -0.435. The molecule has 0 aliphatic carbocycles. The molecule has 0 bridgehead atoms. The maximum Gasteiger partial charge on any atom is 0.342 e. The molecule has 2 N–H and O–H groups in total. The smallest absolute Gasteiger partial charge is 0.342 e. The van der Waals surface area contributed by atoms with Crippen LogP contribution >= 0.6 is 0 Å². The zero-order chi connectivity index (χ0) is 14.6. The summed E-state index contributed by atoms with van der Waals surface area (Å²) in [5.74, 6) is -0.533. The van der Waals surface area contributed by atoms with Crippen molar-refractivity contribution in [2.75, 3.05) is 11.9 Å². The van der Waals surface area contributed by atoms with E-state index in [0.717, 1.165) is 0 Å². The quantitative estimate of drug-likeness (QED) is 0.610. The van der Waals surface area contributed by atoms with E-state index < -0.39 is 10.9 Å². The Bertz CT molecular complexity index is 486. The number of hydrogen-bond donors (Lipinski definition) is 2. The number of carboxylic acids is 1. The summed E-state index contributed by atoms with van der Waals surface area (Å²) < 4.78 is 0. The first-order chi connectivity index (χ1) is 8.84.